The number of nitrogens with zero attached hydrogens (tertiary/aromatic N) is 4. The lowest BCUT2D eigenvalue weighted by Crippen LogP contribution is -2.56. The maximum atomic E-state index is 4.50. The lowest BCUT2D eigenvalue weighted by molar-refractivity contribution is 0.357. The van der Waals surface area contributed by atoms with Gasteiger partial charge in [-0.3, -0.25) is 0 Å². The molecular weight excluding hydrogens is 286 g/mol. The number of rotatable bonds is 2. The molecule has 2 aliphatic rings. The normalized spacial score (nSPS) is 24.0. The molecule has 2 saturated heterocycles. The lowest BCUT2D eigenvalue weighted by Gasteiger charge is -2.44. The minimum atomic E-state index is 0.619. The highest BCUT2D eigenvalue weighted by molar-refractivity contribution is 5.94. The van der Waals surface area contributed by atoms with E-state index in [1.54, 1.807) is 0 Å². The quantitative estimate of drug-likeness (QED) is 0.790. The van der Waals surface area contributed by atoms with Gasteiger partial charge in [0.15, 0.2) is 5.82 Å². The monoisotopic (exact) mass is 305 g/mol. The van der Waals surface area contributed by atoms with E-state index < -0.39 is 0 Å². The van der Waals surface area contributed by atoms with Crippen molar-refractivity contribution in [1.29, 1.82) is 0 Å². The summed E-state index contributed by atoms with van der Waals surface area (Å²) in [5.41, 5.74) is 3.19. The zero-order valence-electron chi connectivity index (χ0n) is 13.1. The molecule has 1 aromatic carbocycles. The summed E-state index contributed by atoms with van der Waals surface area (Å²) in [5.74, 6) is 1.81. The van der Waals surface area contributed by atoms with E-state index >= 15 is 0 Å². The molecule has 2 fully saturated rings. The largest absolute Gasteiger partial charge is 0.361 e. The summed E-state index contributed by atoms with van der Waals surface area (Å²) in [6.45, 7) is 3.45. The number of H-pyrrole nitrogens is 1. The molecule has 23 heavy (non-hydrogen) atoms. The van der Waals surface area contributed by atoms with Gasteiger partial charge in [-0.25, -0.2) is 0 Å². The molecule has 2 atom stereocenters. The van der Waals surface area contributed by atoms with E-state index in [1.165, 1.54) is 11.9 Å². The highest BCUT2D eigenvalue weighted by Crippen LogP contribution is 2.35. The molecule has 0 aliphatic carbocycles. The second-order valence-electron chi connectivity index (χ2n) is 6.72. The number of likely N-dealkylation sites (tertiary alicyclic amines) is 1. The van der Waals surface area contributed by atoms with Crippen molar-refractivity contribution in [3.63, 3.8) is 0 Å². The summed E-state index contributed by atoms with van der Waals surface area (Å²) in [4.78, 5) is 8.04. The third kappa shape index (κ3) is 1.96. The fourth-order valence-electron chi connectivity index (χ4n) is 4.04. The van der Waals surface area contributed by atoms with E-state index in [4.69, 9.17) is 0 Å². The van der Waals surface area contributed by atoms with Crippen molar-refractivity contribution in [2.45, 2.75) is 6.04 Å². The van der Waals surface area contributed by atoms with Crippen molar-refractivity contribution in [2.75, 3.05) is 31.6 Å². The Morgan fingerprint density at radius 2 is 2.00 bits per heavy atom. The molecule has 116 valence electrons. The van der Waals surface area contributed by atoms with Crippen LogP contribution in [0.5, 0.6) is 0 Å². The number of nitrogens with one attached hydrogen (secondary N) is 1. The molecule has 0 radical (unpaired) electrons. The van der Waals surface area contributed by atoms with Crippen molar-refractivity contribution in [3.05, 3.63) is 42.6 Å². The minimum Gasteiger partial charge on any atom is -0.361 e. The van der Waals surface area contributed by atoms with Crippen LogP contribution in [0.25, 0.3) is 22.2 Å². The Bertz CT molecular complexity index is 853. The van der Waals surface area contributed by atoms with Crippen molar-refractivity contribution >= 4 is 16.7 Å². The van der Waals surface area contributed by atoms with E-state index in [-0.39, 0.29) is 0 Å². The van der Waals surface area contributed by atoms with Gasteiger partial charge in [0.1, 0.15) is 0 Å². The Morgan fingerprint density at radius 3 is 2.83 bits per heavy atom. The Hall–Kier alpha value is -2.40. The number of aromatic amines is 1. The Morgan fingerprint density at radius 1 is 1.04 bits per heavy atom. The summed E-state index contributed by atoms with van der Waals surface area (Å²) in [6, 6.07) is 13.2. The molecule has 2 aromatic heterocycles. The number of benzene rings is 1. The third-order valence-electron chi connectivity index (χ3n) is 5.24. The van der Waals surface area contributed by atoms with Crippen molar-refractivity contribution in [1.82, 2.24) is 20.1 Å². The van der Waals surface area contributed by atoms with Crippen LogP contribution in [-0.4, -0.2) is 52.8 Å². The van der Waals surface area contributed by atoms with Crippen LogP contribution >= 0.6 is 0 Å². The van der Waals surface area contributed by atoms with Crippen molar-refractivity contribution in [2.24, 2.45) is 5.92 Å². The molecular formula is C18H19N5. The van der Waals surface area contributed by atoms with Gasteiger partial charge in [0.2, 0.25) is 0 Å². The van der Waals surface area contributed by atoms with E-state index in [1.807, 2.05) is 6.20 Å². The number of likely N-dealkylation sites (N-methyl/N-ethyl adjacent to an activating group) is 1. The van der Waals surface area contributed by atoms with E-state index in [2.05, 4.69) is 68.4 Å². The predicted octanol–water partition coefficient (Wildman–Crippen LogP) is 2.38. The highest BCUT2D eigenvalue weighted by atomic mass is 15.4. The second-order valence-corrected chi connectivity index (χ2v) is 6.72. The summed E-state index contributed by atoms with van der Waals surface area (Å²) >= 11 is 0. The minimum absolute atomic E-state index is 0.619. The van der Waals surface area contributed by atoms with Crippen molar-refractivity contribution in [3.8, 4) is 11.3 Å². The fraction of sp³-hybridized carbons (Fsp3) is 0.333. The average molecular weight is 305 g/mol. The van der Waals surface area contributed by atoms with Crippen LogP contribution in [0.1, 0.15) is 0 Å². The topological polar surface area (TPSA) is 48.0 Å². The SMILES string of the molecule is CN1C[C@@H]2CN(c3ccc(-c4cccc5[nH]ccc45)nn3)[C@@H]2C1. The molecule has 3 aromatic rings. The Balaban J connectivity index is 1.45. The second kappa shape index (κ2) is 4.80. The zero-order valence-corrected chi connectivity index (χ0v) is 13.1. The Kier molecular flexibility index (Phi) is 2.73. The van der Waals surface area contributed by atoms with Gasteiger partial charge < -0.3 is 14.8 Å². The molecule has 0 unspecified atom stereocenters. The lowest BCUT2D eigenvalue weighted by atomic mass is 9.92. The molecule has 2 aliphatic heterocycles. The summed E-state index contributed by atoms with van der Waals surface area (Å²) in [6.07, 6.45) is 1.97. The number of fused-ring (bicyclic) bond motifs is 2. The summed E-state index contributed by atoms with van der Waals surface area (Å²) in [7, 11) is 2.20. The first-order valence-electron chi connectivity index (χ1n) is 8.15. The van der Waals surface area contributed by atoms with Gasteiger partial charge in [0.25, 0.3) is 0 Å². The number of hydrogen-bond acceptors (Lipinski definition) is 4. The van der Waals surface area contributed by atoms with Crippen LogP contribution in [0, 0.1) is 5.92 Å². The summed E-state index contributed by atoms with van der Waals surface area (Å²) in [5, 5.41) is 10.2. The van der Waals surface area contributed by atoms with Gasteiger partial charge in [-0.2, -0.15) is 0 Å². The van der Waals surface area contributed by atoms with E-state index in [9.17, 15) is 0 Å². The standard InChI is InChI=1S/C18H19N5/c1-22-9-12-10-23(17(12)11-22)18-6-5-16(20-21-18)13-3-2-4-15-14(13)7-8-19-15/h2-8,12,17,19H,9-11H2,1H3/t12-,17-/m1/s1. The third-order valence-corrected chi connectivity index (χ3v) is 5.24. The first kappa shape index (κ1) is 13.1. The van der Waals surface area contributed by atoms with Gasteiger partial charge >= 0.3 is 0 Å². The molecule has 0 spiro atoms. The highest BCUT2D eigenvalue weighted by Gasteiger charge is 2.45. The first-order chi connectivity index (χ1) is 11.3. The van der Waals surface area contributed by atoms with Crippen LogP contribution in [0.3, 0.4) is 0 Å². The fourth-order valence-corrected chi connectivity index (χ4v) is 4.04. The number of anilines is 1. The molecule has 0 bridgehead atoms. The van der Waals surface area contributed by atoms with Crippen LogP contribution in [0.4, 0.5) is 5.82 Å². The Labute approximate surface area is 134 Å². The van der Waals surface area contributed by atoms with E-state index in [0.29, 0.717) is 6.04 Å². The smallest absolute Gasteiger partial charge is 0.151 e. The molecule has 0 saturated carbocycles. The van der Waals surface area contributed by atoms with Gasteiger partial charge in [-0.1, -0.05) is 12.1 Å². The molecule has 5 rings (SSSR count). The molecule has 1 N–H and O–H groups in total. The first-order valence-corrected chi connectivity index (χ1v) is 8.15. The zero-order chi connectivity index (χ0) is 15.4. The van der Waals surface area contributed by atoms with Crippen molar-refractivity contribution < 1.29 is 0 Å². The molecule has 4 heterocycles. The molecule has 5 heteroatoms. The van der Waals surface area contributed by atoms with Gasteiger partial charge in [-0.05, 0) is 31.3 Å². The maximum Gasteiger partial charge on any atom is 0.151 e. The summed E-state index contributed by atoms with van der Waals surface area (Å²) < 4.78 is 0. The molecule has 0 amide bonds. The van der Waals surface area contributed by atoms with Crippen LogP contribution in [0.2, 0.25) is 0 Å². The van der Waals surface area contributed by atoms with Gasteiger partial charge in [0.05, 0.1) is 5.69 Å². The van der Waals surface area contributed by atoms with Crippen LogP contribution < -0.4 is 4.90 Å². The average Bonchev–Trinajstić information content (AvgIpc) is 3.15. The van der Waals surface area contributed by atoms with Gasteiger partial charge in [0, 0.05) is 54.3 Å². The van der Waals surface area contributed by atoms with Crippen LogP contribution in [0.15, 0.2) is 42.6 Å². The number of hydrogen-bond donors (Lipinski definition) is 1. The maximum absolute atomic E-state index is 4.50. The van der Waals surface area contributed by atoms with E-state index in [0.717, 1.165) is 41.6 Å². The molecule has 5 nitrogen and oxygen atoms in total. The van der Waals surface area contributed by atoms with Crippen LogP contribution in [-0.2, 0) is 0 Å². The van der Waals surface area contributed by atoms with Gasteiger partial charge in [-0.15, -0.1) is 10.2 Å². The predicted molar refractivity (Wildman–Crippen MR) is 91.4 cm³/mol. The number of aromatic nitrogens is 3.